The van der Waals surface area contributed by atoms with E-state index in [1.165, 1.54) is 25.7 Å². The summed E-state index contributed by atoms with van der Waals surface area (Å²) in [6.07, 6.45) is 6.00. The van der Waals surface area contributed by atoms with Crippen LogP contribution < -0.4 is 0 Å². The lowest BCUT2D eigenvalue weighted by Crippen LogP contribution is -2.50. The average molecular weight is 500 g/mol. The Morgan fingerprint density at radius 1 is 1.03 bits per heavy atom. The van der Waals surface area contributed by atoms with Crippen molar-refractivity contribution in [3.05, 3.63) is 0 Å². The van der Waals surface area contributed by atoms with Crippen molar-refractivity contribution in [3.8, 4) is 0 Å². The lowest BCUT2D eigenvalue weighted by atomic mass is 9.66. The van der Waals surface area contributed by atoms with Crippen molar-refractivity contribution >= 4 is 17.9 Å². The molecule has 0 aromatic rings. The summed E-state index contributed by atoms with van der Waals surface area (Å²) in [4.78, 5) is 41.5. The molecule has 6 saturated carbocycles. The molecule has 0 radical (unpaired) electrons. The highest BCUT2D eigenvalue weighted by atomic mass is 16.6. The van der Waals surface area contributed by atoms with E-state index in [2.05, 4.69) is 6.92 Å². The minimum Gasteiger partial charge on any atom is -0.459 e. The highest BCUT2D eigenvalue weighted by molar-refractivity contribution is 5.86. The molecular weight excluding hydrogens is 462 g/mol. The van der Waals surface area contributed by atoms with E-state index in [1.54, 1.807) is 0 Å². The third-order valence-corrected chi connectivity index (χ3v) is 11.9. The van der Waals surface area contributed by atoms with E-state index < -0.39 is 29.6 Å². The van der Waals surface area contributed by atoms with Crippen molar-refractivity contribution in [2.75, 3.05) is 32.8 Å². The first kappa shape index (κ1) is 22.3. The summed E-state index contributed by atoms with van der Waals surface area (Å²) in [6.45, 7) is 4.97. The van der Waals surface area contributed by atoms with E-state index in [9.17, 15) is 14.4 Å². The molecule has 6 bridgehead atoms. The fraction of sp³-hybridized carbons (Fsp3) is 0.893. The molecular formula is C28H37NO7. The molecule has 8 aliphatic rings. The molecule has 0 N–H and O–H groups in total. The standard InChI is InChI=1S/C28H37NO7/c1-28(11-15-9-18(28)21-14-3-2-13(8-14)20(15)21)36-27(32)23-17-10-16-22(23)26(31)35-25(16)24(17)34-19(30)12-29-4-6-33-7-5-29/h13-18,20-25H,2-12H2,1H3. The molecule has 2 saturated heterocycles. The second-order valence-electron chi connectivity index (χ2n) is 13.4. The molecule has 36 heavy (non-hydrogen) atoms. The van der Waals surface area contributed by atoms with Crippen LogP contribution in [0.3, 0.4) is 0 Å². The molecule has 196 valence electrons. The van der Waals surface area contributed by atoms with Crippen LogP contribution in [0.5, 0.6) is 0 Å². The first-order valence-corrected chi connectivity index (χ1v) is 14.3. The summed E-state index contributed by atoms with van der Waals surface area (Å²) in [5.74, 6) is 2.28. The Morgan fingerprint density at radius 2 is 1.81 bits per heavy atom. The monoisotopic (exact) mass is 499 g/mol. The number of carbonyl (C=O) groups excluding carboxylic acids is 3. The Morgan fingerprint density at radius 3 is 2.61 bits per heavy atom. The van der Waals surface area contributed by atoms with Crippen molar-refractivity contribution in [3.63, 3.8) is 0 Å². The Bertz CT molecular complexity index is 994. The van der Waals surface area contributed by atoms with Crippen molar-refractivity contribution in [1.82, 2.24) is 4.90 Å². The van der Waals surface area contributed by atoms with Gasteiger partial charge in [-0.15, -0.1) is 0 Å². The average Bonchev–Trinajstić information content (AvgIpc) is 3.67. The van der Waals surface area contributed by atoms with Gasteiger partial charge >= 0.3 is 17.9 Å². The molecule has 2 aliphatic heterocycles. The molecule has 6 aliphatic carbocycles. The van der Waals surface area contributed by atoms with Gasteiger partial charge in [0.25, 0.3) is 0 Å². The van der Waals surface area contributed by atoms with Gasteiger partial charge < -0.3 is 18.9 Å². The smallest absolute Gasteiger partial charge is 0.320 e. The van der Waals surface area contributed by atoms with Gasteiger partial charge in [0, 0.05) is 30.8 Å². The summed E-state index contributed by atoms with van der Waals surface area (Å²) < 4.78 is 23.4. The quantitative estimate of drug-likeness (QED) is 0.323. The first-order chi connectivity index (χ1) is 17.4. The molecule has 8 nitrogen and oxygen atoms in total. The van der Waals surface area contributed by atoms with Crippen LogP contribution >= 0.6 is 0 Å². The van der Waals surface area contributed by atoms with Crippen molar-refractivity contribution < 1.29 is 33.3 Å². The second kappa shape index (κ2) is 7.68. The lowest BCUT2D eigenvalue weighted by Gasteiger charge is -2.44. The fourth-order valence-electron chi connectivity index (χ4n) is 10.9. The van der Waals surface area contributed by atoms with E-state index >= 15 is 0 Å². The maximum atomic E-state index is 13.8. The molecule has 2 heterocycles. The van der Waals surface area contributed by atoms with Gasteiger partial charge in [0.2, 0.25) is 0 Å². The highest BCUT2D eigenvalue weighted by Crippen LogP contribution is 2.70. The third-order valence-electron chi connectivity index (χ3n) is 11.9. The SMILES string of the molecule is CC1(OC(=O)C2C3CC4C(OC(=O)C42)C3OC(=O)CN2CCOCC2)CC2CC1C1C3CCC(C3)C21. The number of carbonyl (C=O) groups is 3. The van der Waals surface area contributed by atoms with Gasteiger partial charge in [0.1, 0.15) is 17.8 Å². The zero-order chi connectivity index (χ0) is 24.3. The van der Waals surface area contributed by atoms with E-state index in [0.29, 0.717) is 44.6 Å². The van der Waals surface area contributed by atoms with E-state index in [0.717, 1.165) is 30.1 Å². The number of nitrogens with zero attached hydrogens (tertiary/aromatic N) is 1. The number of esters is 3. The minimum atomic E-state index is -0.561. The van der Waals surface area contributed by atoms with Gasteiger partial charge in [-0.2, -0.15) is 0 Å². The van der Waals surface area contributed by atoms with Crippen LogP contribution in [0, 0.1) is 59.2 Å². The Balaban J connectivity index is 0.984. The van der Waals surface area contributed by atoms with Crippen LogP contribution in [-0.4, -0.2) is 73.5 Å². The zero-order valence-electron chi connectivity index (χ0n) is 21.0. The van der Waals surface area contributed by atoms with Crippen molar-refractivity contribution in [1.29, 1.82) is 0 Å². The van der Waals surface area contributed by atoms with Crippen LogP contribution in [0.4, 0.5) is 0 Å². The first-order valence-electron chi connectivity index (χ1n) is 14.3. The molecule has 0 aromatic heterocycles. The van der Waals surface area contributed by atoms with Gasteiger partial charge in [0.05, 0.1) is 31.6 Å². The fourth-order valence-corrected chi connectivity index (χ4v) is 10.9. The van der Waals surface area contributed by atoms with Crippen molar-refractivity contribution in [2.24, 2.45) is 59.2 Å². The number of hydrogen-bond acceptors (Lipinski definition) is 8. The summed E-state index contributed by atoms with van der Waals surface area (Å²) >= 11 is 0. The van der Waals surface area contributed by atoms with Gasteiger partial charge in [-0.3, -0.25) is 19.3 Å². The molecule has 0 spiro atoms. The predicted molar refractivity (Wildman–Crippen MR) is 124 cm³/mol. The number of morpholine rings is 1. The van der Waals surface area contributed by atoms with Crippen LogP contribution in [0.15, 0.2) is 0 Å². The Kier molecular flexibility index (Phi) is 4.77. The molecule has 0 aromatic carbocycles. The largest absolute Gasteiger partial charge is 0.459 e. The Hall–Kier alpha value is -1.67. The molecule has 13 atom stereocenters. The van der Waals surface area contributed by atoms with E-state index in [-0.39, 0.29) is 36.3 Å². The summed E-state index contributed by atoms with van der Waals surface area (Å²) in [7, 11) is 0. The highest BCUT2D eigenvalue weighted by Gasteiger charge is 2.72. The van der Waals surface area contributed by atoms with E-state index in [1.807, 2.05) is 4.90 Å². The number of rotatable bonds is 5. The van der Waals surface area contributed by atoms with Gasteiger partial charge in [-0.05, 0) is 75.0 Å². The zero-order valence-corrected chi connectivity index (χ0v) is 21.0. The minimum absolute atomic E-state index is 0.0518. The Labute approximate surface area is 211 Å². The normalized spacial score (nSPS) is 53.6. The second-order valence-corrected chi connectivity index (χ2v) is 13.4. The number of hydrogen-bond donors (Lipinski definition) is 0. The molecule has 0 amide bonds. The summed E-state index contributed by atoms with van der Waals surface area (Å²) in [5.41, 5.74) is -0.431. The summed E-state index contributed by atoms with van der Waals surface area (Å²) in [6, 6.07) is 0. The molecule has 13 unspecified atom stereocenters. The van der Waals surface area contributed by atoms with Crippen LogP contribution in [0.25, 0.3) is 0 Å². The lowest BCUT2D eigenvalue weighted by molar-refractivity contribution is -0.182. The van der Waals surface area contributed by atoms with Crippen LogP contribution in [-0.2, 0) is 33.3 Å². The van der Waals surface area contributed by atoms with Crippen LogP contribution in [0.2, 0.25) is 0 Å². The van der Waals surface area contributed by atoms with E-state index in [4.69, 9.17) is 18.9 Å². The maximum Gasteiger partial charge on any atom is 0.320 e. The summed E-state index contributed by atoms with van der Waals surface area (Å²) in [5, 5.41) is 0. The topological polar surface area (TPSA) is 91.4 Å². The van der Waals surface area contributed by atoms with Crippen molar-refractivity contribution in [2.45, 2.75) is 63.3 Å². The van der Waals surface area contributed by atoms with Gasteiger partial charge in [0.15, 0.2) is 0 Å². The number of fused-ring (bicyclic) bond motifs is 10. The maximum absolute atomic E-state index is 13.8. The molecule has 8 rings (SSSR count). The van der Waals surface area contributed by atoms with Crippen LogP contribution in [0.1, 0.15) is 45.4 Å². The van der Waals surface area contributed by atoms with Gasteiger partial charge in [-0.1, -0.05) is 0 Å². The predicted octanol–water partition coefficient (Wildman–Crippen LogP) is 2.04. The molecule has 8 fully saturated rings. The molecule has 8 heteroatoms. The van der Waals surface area contributed by atoms with Gasteiger partial charge in [-0.25, -0.2) is 0 Å². The number of ether oxygens (including phenoxy) is 4. The third kappa shape index (κ3) is 2.97.